The van der Waals surface area contributed by atoms with Crippen LogP contribution in [0.25, 0.3) is 16.8 Å². The fraction of sp³-hybridized carbons (Fsp3) is 0.125. The van der Waals surface area contributed by atoms with Gasteiger partial charge in [0, 0.05) is 42.3 Å². The lowest BCUT2D eigenvalue weighted by molar-refractivity contribution is 0.0749. The van der Waals surface area contributed by atoms with Crippen molar-refractivity contribution in [2.45, 2.75) is 18.0 Å². The van der Waals surface area contributed by atoms with Gasteiger partial charge in [-0.2, -0.15) is 5.10 Å². The van der Waals surface area contributed by atoms with E-state index in [1.54, 1.807) is 6.20 Å². The van der Waals surface area contributed by atoms with E-state index in [0.29, 0.717) is 17.4 Å². The van der Waals surface area contributed by atoms with E-state index >= 15 is 0 Å². The molecule has 2 aromatic heterocycles. The second-order valence-corrected chi connectivity index (χ2v) is 10.2. The third-order valence-corrected chi connectivity index (χ3v) is 6.75. The third kappa shape index (κ3) is 4.42. The van der Waals surface area contributed by atoms with Crippen molar-refractivity contribution in [2.75, 3.05) is 6.26 Å². The smallest absolute Gasteiger partial charge is 0.255 e. The van der Waals surface area contributed by atoms with Gasteiger partial charge >= 0.3 is 0 Å². The zero-order valence-corrected chi connectivity index (χ0v) is 19.1. The Morgan fingerprint density at radius 2 is 1.69 bits per heavy atom. The summed E-state index contributed by atoms with van der Waals surface area (Å²) in [5, 5.41) is 4.41. The topological polar surface area (TPSA) is 85.2 Å². The largest absolute Gasteiger partial charge is 0.328 e. The van der Waals surface area contributed by atoms with Gasteiger partial charge < -0.3 is 4.90 Å². The maximum atomic E-state index is 13.9. The van der Waals surface area contributed by atoms with E-state index in [0.717, 1.165) is 30.1 Å². The van der Waals surface area contributed by atoms with E-state index < -0.39 is 33.2 Å². The van der Waals surface area contributed by atoms with Crippen LogP contribution in [-0.4, -0.2) is 40.2 Å². The standard InChI is InChI=1S/C24H17F3N4O3S/c1-35(33,34)20-2-3-21(14-4-16(25)6-17(26)5-14)22(8-20)24(32)30-11-15-12-31(29-23(15)13-30)19-7-18(27)9-28-10-19/h2-10,12H,11,13H2,1H3. The van der Waals surface area contributed by atoms with Crippen LogP contribution >= 0.6 is 0 Å². The molecule has 0 radical (unpaired) electrons. The van der Waals surface area contributed by atoms with E-state index in [-0.39, 0.29) is 34.7 Å². The number of aromatic nitrogens is 3. The van der Waals surface area contributed by atoms with E-state index in [1.165, 1.54) is 40.0 Å². The van der Waals surface area contributed by atoms with Crippen LogP contribution in [0.4, 0.5) is 13.2 Å². The van der Waals surface area contributed by atoms with E-state index in [1.807, 2.05) is 0 Å². The fourth-order valence-electron chi connectivity index (χ4n) is 4.02. The Hall–Kier alpha value is -3.99. The molecule has 3 heterocycles. The Labute approximate surface area is 198 Å². The number of carbonyl (C=O) groups is 1. The number of sulfone groups is 1. The first-order valence-electron chi connectivity index (χ1n) is 10.4. The number of halogens is 3. The predicted octanol–water partition coefficient (Wildman–Crippen LogP) is 3.91. The van der Waals surface area contributed by atoms with Crippen molar-refractivity contribution >= 4 is 15.7 Å². The number of pyridine rings is 1. The number of carbonyl (C=O) groups excluding carboxylic acids is 1. The first-order valence-corrected chi connectivity index (χ1v) is 12.3. The van der Waals surface area contributed by atoms with Gasteiger partial charge in [0.15, 0.2) is 9.84 Å². The highest BCUT2D eigenvalue weighted by molar-refractivity contribution is 7.90. The van der Waals surface area contributed by atoms with Crippen LogP contribution in [0.15, 0.2) is 66.0 Å². The lowest BCUT2D eigenvalue weighted by atomic mass is 9.98. The van der Waals surface area contributed by atoms with Crippen LogP contribution in [0.1, 0.15) is 21.6 Å². The highest BCUT2D eigenvalue weighted by Gasteiger charge is 2.30. The number of benzene rings is 2. The van der Waals surface area contributed by atoms with Gasteiger partial charge in [0.25, 0.3) is 5.91 Å². The Bertz CT molecular complexity index is 1560. The first kappa shape index (κ1) is 22.8. The number of hydrogen-bond donors (Lipinski definition) is 0. The lowest BCUT2D eigenvalue weighted by Gasteiger charge is -2.19. The Kier molecular flexibility index (Phi) is 5.43. The average Bonchev–Trinajstić information content (AvgIpc) is 3.36. The molecule has 2 aromatic carbocycles. The molecule has 11 heteroatoms. The van der Waals surface area contributed by atoms with Gasteiger partial charge in [-0.25, -0.2) is 26.3 Å². The van der Waals surface area contributed by atoms with E-state index in [4.69, 9.17) is 0 Å². The normalized spacial score (nSPS) is 13.2. The summed E-state index contributed by atoms with van der Waals surface area (Å²) in [6, 6.07) is 8.01. The molecule has 0 spiro atoms. The molecule has 0 saturated carbocycles. The maximum absolute atomic E-state index is 13.9. The van der Waals surface area contributed by atoms with Crippen molar-refractivity contribution in [3.63, 3.8) is 0 Å². The monoisotopic (exact) mass is 498 g/mol. The van der Waals surface area contributed by atoms with E-state index in [2.05, 4.69) is 10.1 Å². The minimum atomic E-state index is -3.65. The van der Waals surface area contributed by atoms with Crippen LogP contribution < -0.4 is 0 Å². The summed E-state index contributed by atoms with van der Waals surface area (Å²) in [5.41, 5.74) is 2.02. The molecule has 5 rings (SSSR count). The van der Waals surface area contributed by atoms with Crippen molar-refractivity contribution in [3.8, 4) is 16.8 Å². The molecule has 0 fully saturated rings. The summed E-state index contributed by atoms with van der Waals surface area (Å²) in [5.74, 6) is -2.69. The van der Waals surface area contributed by atoms with Crippen molar-refractivity contribution in [1.29, 1.82) is 0 Å². The fourth-order valence-corrected chi connectivity index (χ4v) is 4.66. The molecule has 7 nitrogen and oxygen atoms in total. The molecule has 0 unspecified atom stereocenters. The molecule has 178 valence electrons. The van der Waals surface area contributed by atoms with Crippen LogP contribution in [0.2, 0.25) is 0 Å². The molecule has 4 aromatic rings. The maximum Gasteiger partial charge on any atom is 0.255 e. The minimum absolute atomic E-state index is 0.00900. The zero-order chi connectivity index (χ0) is 24.9. The van der Waals surface area contributed by atoms with Crippen molar-refractivity contribution in [3.05, 3.63) is 95.3 Å². The Morgan fingerprint density at radius 3 is 2.34 bits per heavy atom. The van der Waals surface area contributed by atoms with Gasteiger partial charge in [-0.05, 0) is 35.4 Å². The van der Waals surface area contributed by atoms with E-state index in [9.17, 15) is 26.4 Å². The van der Waals surface area contributed by atoms with Crippen molar-refractivity contribution in [1.82, 2.24) is 19.7 Å². The molecule has 0 saturated heterocycles. The Balaban J connectivity index is 1.50. The summed E-state index contributed by atoms with van der Waals surface area (Å²) in [6.45, 7) is 0.279. The summed E-state index contributed by atoms with van der Waals surface area (Å²) in [4.78, 5) is 18.7. The van der Waals surface area contributed by atoms with Gasteiger partial charge in [0.1, 0.15) is 17.5 Å². The molecule has 0 bridgehead atoms. The first-order chi connectivity index (χ1) is 16.6. The lowest BCUT2D eigenvalue weighted by Crippen LogP contribution is -2.26. The molecule has 35 heavy (non-hydrogen) atoms. The summed E-state index contributed by atoms with van der Waals surface area (Å²) in [7, 11) is -3.65. The zero-order valence-electron chi connectivity index (χ0n) is 18.2. The van der Waals surface area contributed by atoms with Gasteiger partial charge in [-0.3, -0.25) is 9.78 Å². The van der Waals surface area contributed by atoms with Crippen LogP contribution in [0.5, 0.6) is 0 Å². The molecule has 0 atom stereocenters. The second kappa shape index (κ2) is 8.35. The van der Waals surface area contributed by atoms with Crippen LogP contribution in [0, 0.1) is 17.5 Å². The molecule has 1 aliphatic rings. The molecule has 1 aliphatic heterocycles. The van der Waals surface area contributed by atoms with Gasteiger partial charge in [-0.1, -0.05) is 6.07 Å². The van der Waals surface area contributed by atoms with Crippen LogP contribution in [-0.2, 0) is 22.9 Å². The minimum Gasteiger partial charge on any atom is -0.328 e. The van der Waals surface area contributed by atoms with Gasteiger partial charge in [-0.15, -0.1) is 0 Å². The van der Waals surface area contributed by atoms with Crippen molar-refractivity contribution in [2.24, 2.45) is 0 Å². The van der Waals surface area contributed by atoms with Crippen LogP contribution in [0.3, 0.4) is 0 Å². The highest BCUT2D eigenvalue weighted by Crippen LogP contribution is 2.31. The molecule has 0 aliphatic carbocycles. The highest BCUT2D eigenvalue weighted by atomic mass is 32.2. The number of hydrogen-bond acceptors (Lipinski definition) is 5. The number of fused-ring (bicyclic) bond motifs is 1. The average molecular weight is 498 g/mol. The molecule has 0 N–H and O–H groups in total. The quantitative estimate of drug-likeness (QED) is 0.426. The molecule has 1 amide bonds. The predicted molar refractivity (Wildman–Crippen MR) is 120 cm³/mol. The summed E-state index contributed by atoms with van der Waals surface area (Å²) < 4.78 is 67.0. The Morgan fingerprint density at radius 1 is 0.943 bits per heavy atom. The number of rotatable bonds is 4. The second-order valence-electron chi connectivity index (χ2n) is 8.21. The summed E-state index contributed by atoms with van der Waals surface area (Å²) >= 11 is 0. The van der Waals surface area contributed by atoms with Gasteiger partial charge in [0.2, 0.25) is 0 Å². The van der Waals surface area contributed by atoms with Gasteiger partial charge in [0.05, 0.1) is 35.2 Å². The number of amides is 1. The molecular weight excluding hydrogens is 481 g/mol. The van der Waals surface area contributed by atoms with Crippen molar-refractivity contribution < 1.29 is 26.4 Å². The summed E-state index contributed by atoms with van der Waals surface area (Å²) in [6.07, 6.45) is 5.20. The molecular formula is C24H17F3N4O3S. The third-order valence-electron chi connectivity index (χ3n) is 5.64. The number of nitrogens with zero attached hydrogens (tertiary/aromatic N) is 4. The SMILES string of the molecule is CS(=O)(=O)c1ccc(-c2cc(F)cc(F)c2)c(C(=O)N2Cc3cn(-c4cncc(F)c4)nc3C2)c1.